The first-order chi connectivity index (χ1) is 8.67. The Balaban J connectivity index is 0.00000324. The minimum absolute atomic E-state index is 0. The van der Waals surface area contributed by atoms with E-state index in [4.69, 9.17) is 22.1 Å². The minimum atomic E-state index is 0. The van der Waals surface area contributed by atoms with Gasteiger partial charge in [0.1, 0.15) is 5.75 Å². The van der Waals surface area contributed by atoms with Gasteiger partial charge in [-0.05, 0) is 31.5 Å². The number of benzene rings is 1. The third-order valence-electron chi connectivity index (χ3n) is 2.24. The first kappa shape index (κ1) is 18.0. The van der Waals surface area contributed by atoms with E-state index in [-0.39, 0.29) is 24.0 Å². The molecule has 0 spiro atoms. The van der Waals surface area contributed by atoms with Crippen LogP contribution in [0.1, 0.15) is 13.3 Å². The molecule has 0 saturated carbocycles. The molecule has 19 heavy (non-hydrogen) atoms. The molecule has 0 aromatic heterocycles. The predicted octanol–water partition coefficient (Wildman–Crippen LogP) is 3.66. The summed E-state index contributed by atoms with van der Waals surface area (Å²) in [4.78, 5) is 4.19. The van der Waals surface area contributed by atoms with Crippen molar-refractivity contribution in [3.63, 3.8) is 0 Å². The van der Waals surface area contributed by atoms with Crippen LogP contribution in [-0.2, 0) is 0 Å². The normalized spacial score (nSPS) is 11.2. The lowest BCUT2D eigenvalue weighted by molar-refractivity contribution is 0.415. The van der Waals surface area contributed by atoms with Crippen LogP contribution in [0.25, 0.3) is 0 Å². The van der Waals surface area contributed by atoms with Crippen molar-refractivity contribution in [2.24, 2.45) is 10.7 Å². The Bertz CT molecular complexity index is 450. The van der Waals surface area contributed by atoms with Crippen LogP contribution in [0.4, 0.5) is 5.69 Å². The second-order valence-corrected chi connectivity index (χ2v) is 4.01. The molecule has 0 saturated heterocycles. The second kappa shape index (κ2) is 9.91. The number of hydrogen-bond donors (Lipinski definition) is 2. The van der Waals surface area contributed by atoms with Crippen molar-refractivity contribution in [3.05, 3.63) is 35.4 Å². The van der Waals surface area contributed by atoms with Crippen molar-refractivity contribution >= 4 is 47.2 Å². The van der Waals surface area contributed by atoms with Crippen molar-refractivity contribution in [2.75, 3.05) is 19.0 Å². The Morgan fingerprint density at radius 1 is 1.53 bits per heavy atom. The molecule has 0 aliphatic heterocycles. The highest BCUT2D eigenvalue weighted by atomic mass is 127. The molecule has 1 aromatic carbocycles. The average molecular weight is 396 g/mol. The largest absolute Gasteiger partial charge is 0.495 e. The number of nitrogens with one attached hydrogen (secondary N) is 1. The third-order valence-corrected chi connectivity index (χ3v) is 2.53. The molecule has 6 heteroatoms. The summed E-state index contributed by atoms with van der Waals surface area (Å²) in [6.45, 7) is 2.64. The predicted molar refractivity (Wildman–Crippen MR) is 93.0 cm³/mol. The number of methoxy groups -OCH3 is 1. The Kier molecular flexibility index (Phi) is 9.42. The zero-order valence-electron chi connectivity index (χ0n) is 11.0. The molecule has 106 valence electrons. The van der Waals surface area contributed by atoms with E-state index in [0.717, 1.165) is 12.1 Å². The Morgan fingerprint density at radius 3 is 2.84 bits per heavy atom. The van der Waals surface area contributed by atoms with Gasteiger partial charge in [0.05, 0.1) is 12.1 Å². The Labute approximate surface area is 136 Å². The molecule has 0 radical (unpaired) electrons. The number of rotatable bonds is 5. The Hall–Kier alpha value is -0.950. The van der Waals surface area contributed by atoms with Gasteiger partial charge in [-0.2, -0.15) is 0 Å². The van der Waals surface area contributed by atoms with Gasteiger partial charge in [-0.3, -0.25) is 4.99 Å². The maximum absolute atomic E-state index is 6.00. The summed E-state index contributed by atoms with van der Waals surface area (Å²) in [5, 5.41) is 3.51. The standard InChI is InChI=1S/C13H18ClN3O.HI/c1-3-4-5-8-16-13(15)17-10-6-7-12(18-2)11(14)9-10;/h3-4,6-7,9H,5,8H2,1-2H3,(H3,15,16,17);1H. The third kappa shape index (κ3) is 6.68. The summed E-state index contributed by atoms with van der Waals surface area (Å²) >= 11 is 6.00. The number of allylic oxidation sites excluding steroid dienone is 1. The number of nitrogens with two attached hydrogens (primary N) is 1. The lowest BCUT2D eigenvalue weighted by atomic mass is 10.3. The van der Waals surface area contributed by atoms with Crippen molar-refractivity contribution in [1.29, 1.82) is 0 Å². The molecule has 1 aromatic rings. The highest BCUT2D eigenvalue weighted by molar-refractivity contribution is 14.0. The highest BCUT2D eigenvalue weighted by Gasteiger charge is 2.02. The molecule has 0 bridgehead atoms. The quantitative estimate of drug-likeness (QED) is 0.263. The van der Waals surface area contributed by atoms with Crippen molar-refractivity contribution in [3.8, 4) is 5.75 Å². The zero-order chi connectivity index (χ0) is 13.4. The van der Waals surface area contributed by atoms with Crippen molar-refractivity contribution in [2.45, 2.75) is 13.3 Å². The number of ether oxygens (including phenoxy) is 1. The van der Waals surface area contributed by atoms with Gasteiger partial charge < -0.3 is 15.8 Å². The van der Waals surface area contributed by atoms with Gasteiger partial charge >= 0.3 is 0 Å². The molecule has 0 aliphatic carbocycles. The lowest BCUT2D eigenvalue weighted by Gasteiger charge is -2.08. The number of nitrogens with zero attached hydrogens (tertiary/aromatic N) is 1. The first-order valence-electron chi connectivity index (χ1n) is 5.69. The number of aliphatic imine (C=N–C) groups is 1. The zero-order valence-corrected chi connectivity index (χ0v) is 14.1. The van der Waals surface area contributed by atoms with E-state index in [1.165, 1.54) is 0 Å². The van der Waals surface area contributed by atoms with Crippen LogP contribution in [-0.4, -0.2) is 19.6 Å². The molecule has 0 unspecified atom stereocenters. The van der Waals surface area contributed by atoms with Gasteiger partial charge in [-0.1, -0.05) is 23.8 Å². The molecule has 4 nitrogen and oxygen atoms in total. The van der Waals surface area contributed by atoms with E-state index in [2.05, 4.69) is 10.3 Å². The van der Waals surface area contributed by atoms with Crippen molar-refractivity contribution < 1.29 is 4.74 Å². The maximum Gasteiger partial charge on any atom is 0.193 e. The van der Waals surface area contributed by atoms with E-state index in [9.17, 15) is 0 Å². The highest BCUT2D eigenvalue weighted by Crippen LogP contribution is 2.26. The fourth-order valence-corrected chi connectivity index (χ4v) is 1.62. The molecule has 0 heterocycles. The summed E-state index contributed by atoms with van der Waals surface area (Å²) in [7, 11) is 1.57. The summed E-state index contributed by atoms with van der Waals surface area (Å²) in [5.41, 5.74) is 6.53. The van der Waals surface area contributed by atoms with Gasteiger partial charge in [0, 0.05) is 12.2 Å². The van der Waals surface area contributed by atoms with E-state index in [0.29, 0.717) is 23.3 Å². The van der Waals surface area contributed by atoms with Gasteiger partial charge in [0.25, 0.3) is 0 Å². The van der Waals surface area contributed by atoms with Crippen LogP contribution in [0.3, 0.4) is 0 Å². The summed E-state index contributed by atoms with van der Waals surface area (Å²) < 4.78 is 5.07. The number of anilines is 1. The number of hydrogen-bond acceptors (Lipinski definition) is 2. The van der Waals surface area contributed by atoms with Crippen molar-refractivity contribution in [1.82, 2.24) is 0 Å². The smallest absolute Gasteiger partial charge is 0.193 e. The monoisotopic (exact) mass is 395 g/mol. The summed E-state index contributed by atoms with van der Waals surface area (Å²) in [5.74, 6) is 1.01. The van der Waals surface area contributed by atoms with Gasteiger partial charge in [0.15, 0.2) is 5.96 Å². The van der Waals surface area contributed by atoms with Crippen LogP contribution in [0.15, 0.2) is 35.3 Å². The summed E-state index contributed by atoms with van der Waals surface area (Å²) in [6.07, 6.45) is 4.91. The average Bonchev–Trinajstić information content (AvgIpc) is 2.35. The van der Waals surface area contributed by atoms with Gasteiger partial charge in [-0.25, -0.2) is 0 Å². The molecular formula is C13H19ClIN3O. The van der Waals surface area contributed by atoms with E-state index < -0.39 is 0 Å². The Morgan fingerprint density at radius 2 is 2.26 bits per heavy atom. The molecule has 1 rings (SSSR count). The lowest BCUT2D eigenvalue weighted by Crippen LogP contribution is -2.22. The molecule has 0 aliphatic rings. The van der Waals surface area contributed by atoms with Crippen LogP contribution in [0.2, 0.25) is 5.02 Å². The van der Waals surface area contributed by atoms with E-state index >= 15 is 0 Å². The number of guanidine groups is 1. The topological polar surface area (TPSA) is 59.6 Å². The van der Waals surface area contributed by atoms with Crippen LogP contribution >= 0.6 is 35.6 Å². The fraction of sp³-hybridized carbons (Fsp3) is 0.308. The molecular weight excluding hydrogens is 377 g/mol. The number of halogens is 2. The molecule has 3 N–H and O–H groups in total. The van der Waals surface area contributed by atoms with Crippen LogP contribution in [0, 0.1) is 0 Å². The molecule has 0 fully saturated rings. The molecule has 0 atom stereocenters. The van der Waals surface area contributed by atoms with Crippen LogP contribution in [0.5, 0.6) is 5.75 Å². The van der Waals surface area contributed by atoms with E-state index in [1.54, 1.807) is 19.2 Å². The van der Waals surface area contributed by atoms with Gasteiger partial charge in [-0.15, -0.1) is 24.0 Å². The first-order valence-corrected chi connectivity index (χ1v) is 6.06. The second-order valence-electron chi connectivity index (χ2n) is 3.60. The minimum Gasteiger partial charge on any atom is -0.495 e. The fourth-order valence-electron chi connectivity index (χ4n) is 1.36. The molecule has 0 amide bonds. The maximum atomic E-state index is 6.00. The SMILES string of the molecule is CC=CCCN=C(N)Nc1ccc(OC)c(Cl)c1.I. The van der Waals surface area contributed by atoms with Gasteiger partial charge in [0.2, 0.25) is 0 Å². The summed E-state index contributed by atoms with van der Waals surface area (Å²) in [6, 6.07) is 5.35. The van der Waals surface area contributed by atoms with E-state index in [1.807, 2.05) is 25.1 Å². The van der Waals surface area contributed by atoms with Crippen LogP contribution < -0.4 is 15.8 Å².